The van der Waals surface area contributed by atoms with E-state index >= 15 is 0 Å². The molecule has 0 aliphatic carbocycles. The van der Waals surface area contributed by atoms with Gasteiger partial charge >= 0.3 is 0 Å². The Morgan fingerprint density at radius 1 is 1.57 bits per heavy atom. The molecule has 0 unspecified atom stereocenters. The van der Waals surface area contributed by atoms with E-state index in [1.165, 1.54) is 0 Å². The number of alkyl halides is 2. The molecule has 1 aromatic rings. The number of carbonyl (C=O) groups is 1. The van der Waals surface area contributed by atoms with E-state index in [2.05, 4.69) is 4.98 Å². The molecule has 1 rings (SSSR count). The summed E-state index contributed by atoms with van der Waals surface area (Å²) in [6.45, 7) is -0.200. The van der Waals surface area contributed by atoms with Crippen LogP contribution in [0.2, 0.25) is 0 Å². The number of rotatable bonds is 3. The number of nitrogens with two attached hydrogens (primary N) is 1. The summed E-state index contributed by atoms with van der Waals surface area (Å²) in [4.78, 5) is 23.5. The lowest BCUT2D eigenvalue weighted by Gasteiger charge is -2.06. The van der Waals surface area contributed by atoms with E-state index in [0.717, 1.165) is 6.07 Å². The molecule has 0 amide bonds. The van der Waals surface area contributed by atoms with Crippen LogP contribution in [0.1, 0.15) is 28.0 Å². The normalized spacial score (nSPS) is 10.6. The SMILES string of the molecule is NCc1[nH]c(=O)c(C=O)cc1C(F)F. The van der Waals surface area contributed by atoms with Crippen LogP contribution in [-0.4, -0.2) is 11.3 Å². The van der Waals surface area contributed by atoms with Gasteiger partial charge in [0.1, 0.15) is 0 Å². The number of halogens is 2. The first-order valence-corrected chi connectivity index (χ1v) is 3.79. The summed E-state index contributed by atoms with van der Waals surface area (Å²) < 4.78 is 24.7. The molecule has 0 bridgehead atoms. The van der Waals surface area contributed by atoms with Crippen molar-refractivity contribution >= 4 is 6.29 Å². The Hall–Kier alpha value is -1.56. The minimum Gasteiger partial charge on any atom is -0.325 e. The van der Waals surface area contributed by atoms with Crippen LogP contribution in [0.3, 0.4) is 0 Å². The number of carbonyl (C=O) groups excluding carboxylic acids is 1. The molecular weight excluding hydrogens is 194 g/mol. The van der Waals surface area contributed by atoms with E-state index in [1.807, 2.05) is 0 Å². The smallest absolute Gasteiger partial charge is 0.265 e. The second-order valence-corrected chi connectivity index (χ2v) is 2.61. The molecule has 14 heavy (non-hydrogen) atoms. The van der Waals surface area contributed by atoms with E-state index in [4.69, 9.17) is 5.73 Å². The average molecular weight is 202 g/mol. The number of nitrogens with one attached hydrogen (secondary N) is 1. The first-order valence-electron chi connectivity index (χ1n) is 3.79. The van der Waals surface area contributed by atoms with Gasteiger partial charge in [-0.1, -0.05) is 0 Å². The van der Waals surface area contributed by atoms with Crippen LogP contribution in [0, 0.1) is 0 Å². The third-order valence-electron chi connectivity index (χ3n) is 1.75. The van der Waals surface area contributed by atoms with Crippen molar-refractivity contribution in [2.75, 3.05) is 0 Å². The predicted octanol–water partition coefficient (Wildman–Crippen LogP) is 0.584. The van der Waals surface area contributed by atoms with E-state index in [1.54, 1.807) is 0 Å². The van der Waals surface area contributed by atoms with Gasteiger partial charge in [-0.05, 0) is 6.07 Å². The topological polar surface area (TPSA) is 76.0 Å². The number of aromatic amines is 1. The molecule has 1 aromatic heterocycles. The van der Waals surface area contributed by atoms with Crippen molar-refractivity contribution in [1.82, 2.24) is 4.98 Å². The molecule has 6 heteroatoms. The highest BCUT2D eigenvalue weighted by Crippen LogP contribution is 2.20. The molecule has 0 radical (unpaired) electrons. The second kappa shape index (κ2) is 4.10. The van der Waals surface area contributed by atoms with Crippen molar-refractivity contribution < 1.29 is 13.6 Å². The minimum absolute atomic E-state index is 0.0457. The maximum Gasteiger partial charge on any atom is 0.265 e. The highest BCUT2D eigenvalue weighted by Gasteiger charge is 2.15. The second-order valence-electron chi connectivity index (χ2n) is 2.61. The molecule has 1 heterocycles. The summed E-state index contributed by atoms with van der Waals surface area (Å²) in [7, 11) is 0. The van der Waals surface area contributed by atoms with Gasteiger partial charge in [-0.2, -0.15) is 0 Å². The Morgan fingerprint density at radius 3 is 2.64 bits per heavy atom. The fourth-order valence-electron chi connectivity index (χ4n) is 1.05. The number of hydrogen-bond donors (Lipinski definition) is 2. The summed E-state index contributed by atoms with van der Waals surface area (Å²) in [6, 6.07) is 0.860. The first-order chi connectivity index (χ1) is 6.60. The van der Waals surface area contributed by atoms with Gasteiger partial charge in [-0.15, -0.1) is 0 Å². The Kier molecular flexibility index (Phi) is 3.08. The van der Waals surface area contributed by atoms with Crippen molar-refractivity contribution in [3.63, 3.8) is 0 Å². The molecule has 0 aliphatic heterocycles. The molecule has 3 N–H and O–H groups in total. The van der Waals surface area contributed by atoms with E-state index in [-0.39, 0.29) is 24.1 Å². The Balaban J connectivity index is 3.39. The lowest BCUT2D eigenvalue weighted by Crippen LogP contribution is -2.18. The van der Waals surface area contributed by atoms with Crippen LogP contribution in [0.15, 0.2) is 10.9 Å². The molecular formula is C8H8F2N2O2. The Morgan fingerprint density at radius 2 is 2.21 bits per heavy atom. The fraction of sp³-hybridized carbons (Fsp3) is 0.250. The summed E-state index contributed by atoms with van der Waals surface area (Å²) in [5, 5.41) is 0. The molecule has 0 aliphatic rings. The van der Waals surface area contributed by atoms with Gasteiger partial charge in [0.05, 0.1) is 5.56 Å². The number of hydrogen-bond acceptors (Lipinski definition) is 3. The standard InChI is InChI=1S/C8H8F2N2O2/c9-7(10)5-1-4(3-13)8(14)12-6(5)2-11/h1,3,7H,2,11H2,(H,12,14). The summed E-state index contributed by atoms with van der Waals surface area (Å²) in [5.41, 5.74) is 3.68. The van der Waals surface area contributed by atoms with E-state index < -0.39 is 17.5 Å². The van der Waals surface area contributed by atoms with Crippen LogP contribution in [-0.2, 0) is 6.54 Å². The predicted molar refractivity (Wildman–Crippen MR) is 45.3 cm³/mol. The first kappa shape index (κ1) is 10.5. The van der Waals surface area contributed by atoms with Gasteiger partial charge in [-0.25, -0.2) is 8.78 Å². The lowest BCUT2D eigenvalue weighted by atomic mass is 10.1. The molecule has 0 saturated heterocycles. The molecule has 0 saturated carbocycles. The quantitative estimate of drug-likeness (QED) is 0.704. The lowest BCUT2D eigenvalue weighted by molar-refractivity contribution is 0.112. The van der Waals surface area contributed by atoms with Crippen LogP contribution in [0.5, 0.6) is 0 Å². The van der Waals surface area contributed by atoms with Crippen LogP contribution >= 0.6 is 0 Å². The molecule has 4 nitrogen and oxygen atoms in total. The van der Waals surface area contributed by atoms with Gasteiger partial charge < -0.3 is 10.7 Å². The molecule has 0 fully saturated rings. The summed E-state index contributed by atoms with van der Waals surface area (Å²) >= 11 is 0. The van der Waals surface area contributed by atoms with Gasteiger partial charge in [0.25, 0.3) is 12.0 Å². The zero-order valence-electron chi connectivity index (χ0n) is 7.09. The van der Waals surface area contributed by atoms with Crippen LogP contribution < -0.4 is 11.3 Å². The van der Waals surface area contributed by atoms with Crippen molar-refractivity contribution in [1.29, 1.82) is 0 Å². The average Bonchev–Trinajstić information content (AvgIpc) is 2.16. The van der Waals surface area contributed by atoms with Crippen molar-refractivity contribution in [3.05, 3.63) is 33.2 Å². The van der Waals surface area contributed by atoms with Crippen molar-refractivity contribution in [3.8, 4) is 0 Å². The summed E-state index contributed by atoms with van der Waals surface area (Å²) in [6.07, 6.45) is -2.53. The zero-order chi connectivity index (χ0) is 10.7. The van der Waals surface area contributed by atoms with Gasteiger partial charge in [-0.3, -0.25) is 9.59 Å². The van der Waals surface area contributed by atoms with Gasteiger partial charge in [0, 0.05) is 17.8 Å². The number of pyridine rings is 1. The highest BCUT2D eigenvalue weighted by atomic mass is 19.3. The number of H-pyrrole nitrogens is 1. The monoisotopic (exact) mass is 202 g/mol. The van der Waals surface area contributed by atoms with Crippen molar-refractivity contribution in [2.45, 2.75) is 13.0 Å². The molecule has 0 atom stereocenters. The fourth-order valence-corrected chi connectivity index (χ4v) is 1.05. The number of aromatic nitrogens is 1. The van der Waals surface area contributed by atoms with Crippen molar-refractivity contribution in [2.24, 2.45) is 5.73 Å². The van der Waals surface area contributed by atoms with Crippen LogP contribution in [0.25, 0.3) is 0 Å². The Bertz CT molecular complexity index is 401. The maximum atomic E-state index is 12.4. The maximum absolute atomic E-state index is 12.4. The van der Waals surface area contributed by atoms with Gasteiger partial charge in [0.15, 0.2) is 6.29 Å². The third kappa shape index (κ3) is 1.85. The summed E-state index contributed by atoms with van der Waals surface area (Å²) in [5.74, 6) is 0. The highest BCUT2D eigenvalue weighted by molar-refractivity contribution is 5.74. The van der Waals surface area contributed by atoms with E-state index in [9.17, 15) is 18.4 Å². The largest absolute Gasteiger partial charge is 0.325 e. The number of aldehydes is 1. The molecule has 0 aromatic carbocycles. The van der Waals surface area contributed by atoms with E-state index in [0.29, 0.717) is 0 Å². The molecule has 0 spiro atoms. The zero-order valence-corrected chi connectivity index (χ0v) is 7.09. The third-order valence-corrected chi connectivity index (χ3v) is 1.75. The molecule has 76 valence electrons. The Labute approximate surface area is 77.7 Å². The van der Waals surface area contributed by atoms with Gasteiger partial charge in [0.2, 0.25) is 0 Å². The minimum atomic E-state index is -2.76. The van der Waals surface area contributed by atoms with Crippen LogP contribution in [0.4, 0.5) is 8.78 Å².